The number of halogens is 2. The highest BCUT2D eigenvalue weighted by Gasteiger charge is 2.13. The van der Waals surface area contributed by atoms with Gasteiger partial charge < -0.3 is 14.2 Å². The number of carbonyl (C=O) groups excluding carboxylic acids is 1. The van der Waals surface area contributed by atoms with Crippen LogP contribution in [0.3, 0.4) is 0 Å². The Morgan fingerprint density at radius 2 is 1.96 bits per heavy atom. The van der Waals surface area contributed by atoms with Gasteiger partial charge in [0.25, 0.3) is 0 Å². The Balaban J connectivity index is 2.73. The van der Waals surface area contributed by atoms with Gasteiger partial charge in [-0.3, -0.25) is 0 Å². The first-order chi connectivity index (χ1) is 11.2. The lowest BCUT2D eigenvalue weighted by molar-refractivity contribution is -0.137. The van der Waals surface area contributed by atoms with Crippen LogP contribution in [0.1, 0.15) is 12.5 Å². The van der Waals surface area contributed by atoms with Gasteiger partial charge in [-0.2, -0.15) is 0 Å². The standard InChI is InChI=1S/C17H24Cl2O4Si/c1-5-22-16(20)9-6-13-15(8-7-14(18)17(13)19)23-12-21-10-11-24(2,3)4/h6-9H,5,10-12H2,1-4H3. The Bertz CT molecular complexity index is 583. The number of carbonyl (C=O) groups is 1. The third-order valence-electron chi connectivity index (χ3n) is 3.06. The first-order valence-electron chi connectivity index (χ1n) is 7.78. The quantitative estimate of drug-likeness (QED) is 0.189. The van der Waals surface area contributed by atoms with E-state index in [0.717, 1.165) is 6.04 Å². The van der Waals surface area contributed by atoms with E-state index in [1.807, 2.05) is 0 Å². The average molecular weight is 391 g/mol. The van der Waals surface area contributed by atoms with Gasteiger partial charge in [0.2, 0.25) is 0 Å². The van der Waals surface area contributed by atoms with Crippen molar-refractivity contribution >= 4 is 43.3 Å². The summed E-state index contributed by atoms with van der Waals surface area (Å²) < 4.78 is 16.0. The zero-order valence-electron chi connectivity index (χ0n) is 14.5. The molecule has 0 saturated heterocycles. The molecule has 4 nitrogen and oxygen atoms in total. The van der Waals surface area contributed by atoms with Crippen molar-refractivity contribution < 1.29 is 19.0 Å². The Kier molecular flexibility index (Phi) is 8.84. The van der Waals surface area contributed by atoms with Crippen molar-refractivity contribution in [1.82, 2.24) is 0 Å². The van der Waals surface area contributed by atoms with Crippen LogP contribution >= 0.6 is 23.2 Å². The van der Waals surface area contributed by atoms with Crippen molar-refractivity contribution in [2.75, 3.05) is 20.0 Å². The van der Waals surface area contributed by atoms with E-state index in [2.05, 4.69) is 19.6 Å². The normalized spacial score (nSPS) is 11.8. The van der Waals surface area contributed by atoms with Gasteiger partial charge in [-0.15, -0.1) is 0 Å². The van der Waals surface area contributed by atoms with Crippen molar-refractivity contribution in [3.63, 3.8) is 0 Å². The van der Waals surface area contributed by atoms with Crippen LogP contribution in [0, 0.1) is 0 Å². The van der Waals surface area contributed by atoms with Crippen molar-refractivity contribution in [1.29, 1.82) is 0 Å². The maximum atomic E-state index is 11.5. The van der Waals surface area contributed by atoms with E-state index < -0.39 is 14.0 Å². The topological polar surface area (TPSA) is 44.8 Å². The van der Waals surface area contributed by atoms with Gasteiger partial charge in [0.15, 0.2) is 6.79 Å². The molecule has 0 aromatic heterocycles. The summed E-state index contributed by atoms with van der Waals surface area (Å²) in [6, 6.07) is 4.40. The van der Waals surface area contributed by atoms with Gasteiger partial charge in [-0.1, -0.05) is 42.8 Å². The zero-order chi connectivity index (χ0) is 18.2. The van der Waals surface area contributed by atoms with E-state index in [4.69, 9.17) is 37.4 Å². The lowest BCUT2D eigenvalue weighted by atomic mass is 10.2. The molecule has 0 aliphatic heterocycles. The lowest BCUT2D eigenvalue weighted by Gasteiger charge is -2.16. The SMILES string of the molecule is CCOC(=O)C=Cc1c(OCOCC[Si](C)(C)C)ccc(Cl)c1Cl. The van der Waals surface area contributed by atoms with Crippen LogP contribution in [0.5, 0.6) is 5.75 Å². The van der Waals surface area contributed by atoms with Crippen molar-refractivity contribution in [3.8, 4) is 5.75 Å². The average Bonchev–Trinajstić information content (AvgIpc) is 2.49. The summed E-state index contributed by atoms with van der Waals surface area (Å²) in [5.74, 6) is 0.0452. The number of ether oxygens (including phenoxy) is 3. The van der Waals surface area contributed by atoms with E-state index in [-0.39, 0.29) is 6.79 Å². The Morgan fingerprint density at radius 3 is 2.58 bits per heavy atom. The van der Waals surface area contributed by atoms with Crippen LogP contribution in [0.4, 0.5) is 0 Å². The molecule has 1 aromatic carbocycles. The number of hydrogen-bond acceptors (Lipinski definition) is 4. The smallest absolute Gasteiger partial charge is 0.330 e. The number of esters is 1. The van der Waals surface area contributed by atoms with Crippen LogP contribution in [-0.4, -0.2) is 34.0 Å². The van der Waals surface area contributed by atoms with Crippen LogP contribution in [0.2, 0.25) is 35.7 Å². The van der Waals surface area contributed by atoms with Gasteiger partial charge in [0.05, 0.1) is 16.7 Å². The summed E-state index contributed by atoms with van der Waals surface area (Å²) in [6.45, 7) is 9.68. The minimum absolute atomic E-state index is 0.114. The molecule has 7 heteroatoms. The molecule has 1 aromatic rings. The van der Waals surface area contributed by atoms with E-state index >= 15 is 0 Å². The summed E-state index contributed by atoms with van der Waals surface area (Å²) in [5, 5.41) is 0.698. The van der Waals surface area contributed by atoms with Gasteiger partial charge in [-0.05, 0) is 31.2 Å². The van der Waals surface area contributed by atoms with Gasteiger partial charge >= 0.3 is 5.97 Å². The third-order valence-corrected chi connectivity index (χ3v) is 5.58. The predicted octanol–water partition coefficient (Wildman–Crippen LogP) is 5.26. The van der Waals surface area contributed by atoms with E-state index in [1.54, 1.807) is 19.1 Å². The molecule has 0 fully saturated rings. The van der Waals surface area contributed by atoms with E-state index in [9.17, 15) is 4.79 Å². The minimum Gasteiger partial charge on any atom is -0.467 e. The fourth-order valence-electron chi connectivity index (χ4n) is 1.71. The minimum atomic E-state index is -1.13. The second kappa shape index (κ2) is 10.1. The third kappa shape index (κ3) is 7.70. The van der Waals surface area contributed by atoms with Gasteiger partial charge in [0, 0.05) is 26.3 Å². The molecule has 0 aliphatic carbocycles. The predicted molar refractivity (Wildman–Crippen MR) is 102 cm³/mol. The highest BCUT2D eigenvalue weighted by molar-refractivity contribution is 6.76. The summed E-state index contributed by atoms with van der Waals surface area (Å²) in [7, 11) is -1.13. The number of hydrogen-bond donors (Lipinski definition) is 0. The summed E-state index contributed by atoms with van der Waals surface area (Å²) in [6.07, 6.45) is 2.82. The second-order valence-electron chi connectivity index (χ2n) is 6.34. The lowest BCUT2D eigenvalue weighted by Crippen LogP contribution is -2.22. The molecule has 0 unspecified atom stereocenters. The Hall–Kier alpha value is -1.01. The highest BCUT2D eigenvalue weighted by atomic mass is 35.5. The molecule has 0 bridgehead atoms. The molecule has 0 saturated carbocycles. The highest BCUT2D eigenvalue weighted by Crippen LogP contribution is 2.34. The maximum absolute atomic E-state index is 11.5. The fourth-order valence-corrected chi connectivity index (χ4v) is 2.85. The van der Waals surface area contributed by atoms with Crippen LogP contribution < -0.4 is 4.74 Å². The zero-order valence-corrected chi connectivity index (χ0v) is 17.0. The Labute approximate surface area is 154 Å². The summed E-state index contributed by atoms with van der Waals surface area (Å²) in [4.78, 5) is 11.5. The molecular formula is C17H24Cl2O4Si. The van der Waals surface area contributed by atoms with Crippen molar-refractivity contribution in [2.45, 2.75) is 32.6 Å². The first-order valence-corrected chi connectivity index (χ1v) is 12.2. The molecule has 0 N–H and O–H groups in total. The molecule has 0 amide bonds. The summed E-state index contributed by atoms with van der Waals surface area (Å²) in [5.41, 5.74) is 0.519. The molecule has 0 heterocycles. The largest absolute Gasteiger partial charge is 0.467 e. The molecule has 0 radical (unpaired) electrons. The van der Waals surface area contributed by atoms with Crippen molar-refractivity contribution in [3.05, 3.63) is 33.8 Å². The van der Waals surface area contributed by atoms with E-state index in [1.165, 1.54) is 12.2 Å². The van der Waals surface area contributed by atoms with Crippen LogP contribution in [0.15, 0.2) is 18.2 Å². The van der Waals surface area contributed by atoms with Gasteiger partial charge in [0.1, 0.15) is 5.75 Å². The first kappa shape index (κ1) is 21.0. The fraction of sp³-hybridized carbons (Fsp3) is 0.471. The molecule has 24 heavy (non-hydrogen) atoms. The molecule has 0 spiro atoms. The number of benzene rings is 1. The van der Waals surface area contributed by atoms with E-state index in [0.29, 0.717) is 34.6 Å². The molecular weight excluding hydrogens is 367 g/mol. The van der Waals surface area contributed by atoms with Crippen molar-refractivity contribution in [2.24, 2.45) is 0 Å². The Morgan fingerprint density at radius 1 is 1.25 bits per heavy atom. The molecule has 1 rings (SSSR count). The second-order valence-corrected chi connectivity index (χ2v) is 12.7. The monoisotopic (exact) mass is 390 g/mol. The number of rotatable bonds is 9. The molecule has 0 atom stereocenters. The van der Waals surface area contributed by atoms with Gasteiger partial charge in [-0.25, -0.2) is 4.79 Å². The molecule has 134 valence electrons. The molecule has 0 aliphatic rings. The summed E-state index contributed by atoms with van der Waals surface area (Å²) >= 11 is 12.2. The van der Waals surface area contributed by atoms with Crippen LogP contribution in [-0.2, 0) is 14.3 Å². The van der Waals surface area contributed by atoms with Crippen LogP contribution in [0.25, 0.3) is 6.08 Å². The maximum Gasteiger partial charge on any atom is 0.330 e.